The number of carbonyl (C=O) groups excluding carboxylic acids is 1. The molecule has 0 unspecified atom stereocenters. The van der Waals surface area contributed by atoms with Crippen LogP contribution in [0.5, 0.6) is 0 Å². The van der Waals surface area contributed by atoms with Gasteiger partial charge in [-0.05, 0) is 62.5 Å². The molecule has 2 aliphatic heterocycles. The summed E-state index contributed by atoms with van der Waals surface area (Å²) in [6.45, 7) is 13.0. The summed E-state index contributed by atoms with van der Waals surface area (Å²) < 4.78 is 5.43. The Balaban J connectivity index is 1.56. The van der Waals surface area contributed by atoms with E-state index in [-0.39, 0.29) is 6.03 Å². The molecule has 0 saturated carbocycles. The maximum atomic E-state index is 12.6. The van der Waals surface area contributed by atoms with Crippen LogP contribution in [0, 0.1) is 12.8 Å². The third kappa shape index (κ3) is 5.86. The summed E-state index contributed by atoms with van der Waals surface area (Å²) in [5, 5.41) is 6.19. The molecule has 0 aromatic heterocycles. The predicted octanol–water partition coefficient (Wildman–Crippen LogP) is 3.85. The van der Waals surface area contributed by atoms with Crippen molar-refractivity contribution in [1.82, 2.24) is 10.2 Å². The normalized spacial score (nSPS) is 18.8. The van der Waals surface area contributed by atoms with Gasteiger partial charge in [0.1, 0.15) is 0 Å². The average molecular weight is 403 g/mol. The van der Waals surface area contributed by atoms with E-state index in [2.05, 4.69) is 53.3 Å². The molecule has 0 radical (unpaired) electrons. The van der Waals surface area contributed by atoms with Gasteiger partial charge < -0.3 is 20.3 Å². The highest BCUT2D eigenvalue weighted by molar-refractivity contribution is 5.90. The third-order valence-electron chi connectivity index (χ3n) is 6.51. The first kappa shape index (κ1) is 21.9. The zero-order valence-electron chi connectivity index (χ0n) is 18.4. The second-order valence-electron chi connectivity index (χ2n) is 8.32. The summed E-state index contributed by atoms with van der Waals surface area (Å²) in [5.74, 6) is 0.628. The van der Waals surface area contributed by atoms with Crippen LogP contribution in [0.25, 0.3) is 0 Å². The Bertz CT molecular complexity index is 648. The summed E-state index contributed by atoms with van der Waals surface area (Å²) in [6.07, 6.45) is 4.86. The molecule has 6 heteroatoms. The molecule has 6 nitrogen and oxygen atoms in total. The Kier molecular flexibility index (Phi) is 8.19. The average Bonchev–Trinajstić information content (AvgIpc) is 3.27. The van der Waals surface area contributed by atoms with Gasteiger partial charge in [0, 0.05) is 37.1 Å². The topological polar surface area (TPSA) is 56.8 Å². The maximum Gasteiger partial charge on any atom is 0.319 e. The van der Waals surface area contributed by atoms with Crippen molar-refractivity contribution in [2.24, 2.45) is 5.92 Å². The standard InChI is InChI=1S/C23H38N4O2/c1-4-19(5-2)22(27-10-6-7-11-27)17-24-23(28)25-21-9-8-20(16-18(21)3)26-12-14-29-15-13-26/h8-9,16,19,22H,4-7,10-15,17H2,1-3H3,(H2,24,25,28)/t22-/m0/s1. The predicted molar refractivity (Wildman–Crippen MR) is 120 cm³/mol. The minimum Gasteiger partial charge on any atom is -0.378 e. The van der Waals surface area contributed by atoms with Gasteiger partial charge in [-0.15, -0.1) is 0 Å². The van der Waals surface area contributed by atoms with E-state index >= 15 is 0 Å². The number of anilines is 2. The molecule has 2 fully saturated rings. The lowest BCUT2D eigenvalue weighted by molar-refractivity contribution is 0.122. The van der Waals surface area contributed by atoms with Gasteiger partial charge >= 0.3 is 6.03 Å². The van der Waals surface area contributed by atoms with E-state index in [9.17, 15) is 4.79 Å². The van der Waals surface area contributed by atoms with Crippen LogP contribution in [-0.4, -0.2) is 62.9 Å². The van der Waals surface area contributed by atoms with Crippen LogP contribution >= 0.6 is 0 Å². The number of urea groups is 1. The van der Waals surface area contributed by atoms with Gasteiger partial charge in [-0.25, -0.2) is 4.79 Å². The van der Waals surface area contributed by atoms with Crippen molar-refractivity contribution in [3.05, 3.63) is 23.8 Å². The molecule has 2 heterocycles. The number of aryl methyl sites for hydroxylation is 1. The lowest BCUT2D eigenvalue weighted by atomic mass is 9.93. The maximum absolute atomic E-state index is 12.6. The summed E-state index contributed by atoms with van der Waals surface area (Å²) in [7, 11) is 0. The number of nitrogens with zero attached hydrogens (tertiary/aromatic N) is 2. The van der Waals surface area contributed by atoms with Gasteiger partial charge in [-0.3, -0.25) is 4.90 Å². The number of benzene rings is 1. The lowest BCUT2D eigenvalue weighted by Crippen LogP contribution is -2.47. The van der Waals surface area contributed by atoms with Gasteiger partial charge in [0.05, 0.1) is 13.2 Å². The van der Waals surface area contributed by atoms with Gasteiger partial charge in [-0.2, -0.15) is 0 Å². The summed E-state index contributed by atoms with van der Waals surface area (Å²) in [4.78, 5) is 17.5. The first-order valence-corrected chi connectivity index (χ1v) is 11.3. The highest BCUT2D eigenvalue weighted by Crippen LogP contribution is 2.24. The van der Waals surface area contributed by atoms with Crippen LogP contribution in [0.4, 0.5) is 16.2 Å². The van der Waals surface area contributed by atoms with Crippen molar-refractivity contribution in [2.45, 2.75) is 52.5 Å². The summed E-state index contributed by atoms with van der Waals surface area (Å²) in [6, 6.07) is 6.58. The first-order chi connectivity index (χ1) is 14.1. The number of carbonyl (C=O) groups is 1. The lowest BCUT2D eigenvalue weighted by Gasteiger charge is -2.34. The Morgan fingerprint density at radius 1 is 1.10 bits per heavy atom. The van der Waals surface area contributed by atoms with Crippen molar-refractivity contribution < 1.29 is 9.53 Å². The molecule has 1 aromatic carbocycles. The van der Waals surface area contributed by atoms with Crippen molar-refractivity contribution >= 4 is 17.4 Å². The molecule has 2 N–H and O–H groups in total. The van der Waals surface area contributed by atoms with Crippen LogP contribution in [0.3, 0.4) is 0 Å². The zero-order chi connectivity index (χ0) is 20.6. The number of ether oxygens (including phenoxy) is 1. The fraction of sp³-hybridized carbons (Fsp3) is 0.696. The minimum atomic E-state index is -0.109. The number of amides is 2. The second kappa shape index (κ2) is 10.8. The Labute approximate surface area is 176 Å². The molecule has 2 saturated heterocycles. The number of hydrogen-bond donors (Lipinski definition) is 2. The molecular weight excluding hydrogens is 364 g/mol. The molecule has 2 amide bonds. The minimum absolute atomic E-state index is 0.109. The van der Waals surface area contributed by atoms with Crippen LogP contribution in [0.2, 0.25) is 0 Å². The zero-order valence-corrected chi connectivity index (χ0v) is 18.4. The van der Waals surface area contributed by atoms with Gasteiger partial charge in [-0.1, -0.05) is 26.7 Å². The Morgan fingerprint density at radius 3 is 2.41 bits per heavy atom. The highest BCUT2D eigenvalue weighted by Gasteiger charge is 2.27. The molecule has 29 heavy (non-hydrogen) atoms. The first-order valence-electron chi connectivity index (χ1n) is 11.3. The molecule has 0 bridgehead atoms. The Morgan fingerprint density at radius 2 is 1.79 bits per heavy atom. The molecule has 162 valence electrons. The molecule has 1 aromatic rings. The highest BCUT2D eigenvalue weighted by atomic mass is 16.5. The van der Waals surface area contributed by atoms with E-state index in [1.165, 1.54) is 18.5 Å². The number of morpholine rings is 1. The Hall–Kier alpha value is -1.79. The van der Waals surface area contributed by atoms with Crippen LogP contribution in [-0.2, 0) is 4.74 Å². The fourth-order valence-electron chi connectivity index (χ4n) is 4.67. The molecule has 0 spiro atoms. The monoisotopic (exact) mass is 402 g/mol. The SMILES string of the molecule is CCC(CC)[C@H](CNC(=O)Nc1ccc(N2CCOCC2)cc1C)N1CCCC1. The number of rotatable bonds is 8. The smallest absolute Gasteiger partial charge is 0.319 e. The van der Waals surface area contributed by atoms with Gasteiger partial charge in [0.2, 0.25) is 0 Å². The van der Waals surface area contributed by atoms with E-state index < -0.39 is 0 Å². The second-order valence-corrected chi connectivity index (χ2v) is 8.32. The largest absolute Gasteiger partial charge is 0.378 e. The van der Waals surface area contributed by atoms with E-state index in [4.69, 9.17) is 4.74 Å². The van der Waals surface area contributed by atoms with Crippen molar-refractivity contribution in [3.8, 4) is 0 Å². The molecule has 0 aliphatic carbocycles. The van der Waals surface area contributed by atoms with Gasteiger partial charge in [0.15, 0.2) is 0 Å². The molecule has 3 rings (SSSR count). The van der Waals surface area contributed by atoms with E-state index in [1.807, 2.05) is 6.07 Å². The van der Waals surface area contributed by atoms with Crippen LogP contribution < -0.4 is 15.5 Å². The number of hydrogen-bond acceptors (Lipinski definition) is 4. The quantitative estimate of drug-likeness (QED) is 0.693. The van der Waals surface area contributed by atoms with E-state index in [0.29, 0.717) is 18.5 Å². The van der Waals surface area contributed by atoms with Crippen molar-refractivity contribution in [2.75, 3.05) is 56.2 Å². The van der Waals surface area contributed by atoms with Crippen molar-refractivity contribution in [1.29, 1.82) is 0 Å². The van der Waals surface area contributed by atoms with Gasteiger partial charge in [0.25, 0.3) is 0 Å². The van der Waals surface area contributed by atoms with Crippen molar-refractivity contribution in [3.63, 3.8) is 0 Å². The molecule has 1 atom stereocenters. The number of likely N-dealkylation sites (tertiary alicyclic amines) is 1. The molecular formula is C23H38N4O2. The summed E-state index contributed by atoms with van der Waals surface area (Å²) in [5.41, 5.74) is 3.15. The summed E-state index contributed by atoms with van der Waals surface area (Å²) >= 11 is 0. The fourth-order valence-corrected chi connectivity index (χ4v) is 4.67. The van der Waals surface area contributed by atoms with E-state index in [1.54, 1.807) is 0 Å². The van der Waals surface area contributed by atoms with Crippen LogP contribution in [0.15, 0.2) is 18.2 Å². The number of nitrogens with one attached hydrogen (secondary N) is 2. The molecule has 2 aliphatic rings. The van der Waals surface area contributed by atoms with E-state index in [0.717, 1.165) is 63.5 Å². The van der Waals surface area contributed by atoms with Crippen LogP contribution in [0.1, 0.15) is 45.1 Å². The third-order valence-corrected chi connectivity index (χ3v) is 6.51.